The minimum Gasteiger partial charge on any atom is -0.504 e. The number of unbranched alkanes of at least 4 members (excludes halogenated alkanes) is 15. The maximum atomic E-state index is 12.5. The highest BCUT2D eigenvalue weighted by molar-refractivity contribution is 5.86. The molecule has 5 N–H and O–H groups in total. The molecular formula is C30H52N2O5. The van der Waals surface area contributed by atoms with Gasteiger partial charge in [-0.1, -0.05) is 109 Å². The molecule has 7 heteroatoms. The Balaban J connectivity index is 2.04. The third-order valence-electron chi connectivity index (χ3n) is 6.87. The van der Waals surface area contributed by atoms with Gasteiger partial charge in [-0.3, -0.25) is 9.59 Å². The van der Waals surface area contributed by atoms with Gasteiger partial charge in [0, 0.05) is 6.54 Å². The molecule has 0 aliphatic rings. The molecule has 0 aromatic heterocycles. The van der Waals surface area contributed by atoms with Gasteiger partial charge in [0.2, 0.25) is 5.91 Å². The molecule has 0 unspecified atom stereocenters. The molecule has 0 radical (unpaired) electrons. The number of nitrogens with one attached hydrogen (secondary N) is 2. The zero-order valence-electron chi connectivity index (χ0n) is 23.1. The van der Waals surface area contributed by atoms with Crippen LogP contribution in [0.15, 0.2) is 18.2 Å². The average molecular weight is 521 g/mol. The molecule has 212 valence electrons. The van der Waals surface area contributed by atoms with E-state index in [1.54, 1.807) is 6.07 Å². The lowest BCUT2D eigenvalue weighted by atomic mass is 10.0. The number of carboxylic acids is 1. The van der Waals surface area contributed by atoms with Gasteiger partial charge in [0.15, 0.2) is 11.5 Å². The Hall–Kier alpha value is -2.28. The summed E-state index contributed by atoms with van der Waals surface area (Å²) in [7, 11) is 0. The van der Waals surface area contributed by atoms with Gasteiger partial charge in [0.05, 0.1) is 12.5 Å². The Morgan fingerprint density at radius 1 is 0.730 bits per heavy atom. The van der Waals surface area contributed by atoms with Crippen LogP contribution >= 0.6 is 0 Å². The molecule has 1 rings (SSSR count). The van der Waals surface area contributed by atoms with Gasteiger partial charge in [0.1, 0.15) is 0 Å². The molecule has 1 aromatic rings. The molecule has 1 aromatic carbocycles. The normalized spacial score (nSPS) is 11.9. The maximum Gasteiger partial charge on any atom is 0.305 e. The second-order valence-corrected chi connectivity index (χ2v) is 10.3. The topological polar surface area (TPSA) is 119 Å². The highest BCUT2D eigenvalue weighted by Crippen LogP contribution is 2.24. The van der Waals surface area contributed by atoms with Crippen molar-refractivity contribution in [1.29, 1.82) is 0 Å². The summed E-state index contributed by atoms with van der Waals surface area (Å²) in [6, 6.07) is 3.76. The minimum absolute atomic E-state index is 0.187. The van der Waals surface area contributed by atoms with Gasteiger partial charge in [-0.15, -0.1) is 0 Å². The van der Waals surface area contributed by atoms with Gasteiger partial charge in [-0.25, -0.2) is 0 Å². The number of aliphatic carboxylic acids is 1. The molecule has 0 saturated heterocycles. The van der Waals surface area contributed by atoms with Crippen LogP contribution in [-0.4, -0.2) is 46.3 Å². The van der Waals surface area contributed by atoms with Crippen LogP contribution in [0.1, 0.15) is 122 Å². The van der Waals surface area contributed by atoms with E-state index in [1.807, 2.05) is 0 Å². The number of carboxylic acid groups (broad SMARTS) is 1. The van der Waals surface area contributed by atoms with Crippen molar-refractivity contribution in [3.8, 4) is 11.5 Å². The van der Waals surface area contributed by atoms with Crippen LogP contribution in [0, 0.1) is 0 Å². The first kappa shape index (κ1) is 32.7. The first-order valence-electron chi connectivity index (χ1n) is 14.7. The van der Waals surface area contributed by atoms with E-state index in [1.165, 1.54) is 102 Å². The number of rotatable bonds is 24. The summed E-state index contributed by atoms with van der Waals surface area (Å²) < 4.78 is 0. The molecule has 0 fully saturated rings. The fourth-order valence-electron chi connectivity index (χ4n) is 4.56. The lowest BCUT2D eigenvalue weighted by molar-refractivity contribution is -0.140. The van der Waals surface area contributed by atoms with E-state index < -0.39 is 12.0 Å². The molecule has 0 spiro atoms. The number of aromatic hydroxyl groups is 2. The number of carbonyl (C=O) groups is 2. The van der Waals surface area contributed by atoms with Crippen molar-refractivity contribution >= 4 is 11.9 Å². The van der Waals surface area contributed by atoms with Crippen molar-refractivity contribution in [2.75, 3.05) is 13.1 Å². The second kappa shape index (κ2) is 21.8. The first-order chi connectivity index (χ1) is 17.9. The standard InChI is InChI=1S/C30H52N2O5/c1-2-3-4-5-6-7-8-9-10-11-12-13-14-15-16-17-21-31-26(24-29(35)36)30(37)32-22-20-25-18-19-27(33)28(34)23-25/h18-19,23,26,31,33-34H,2-17,20-22,24H2,1H3,(H,32,37)(H,35,36)/t26-/m0/s1. The predicted octanol–water partition coefficient (Wildman–Crippen LogP) is 6.45. The van der Waals surface area contributed by atoms with Crippen LogP contribution < -0.4 is 10.6 Å². The smallest absolute Gasteiger partial charge is 0.305 e. The van der Waals surface area contributed by atoms with Crippen molar-refractivity contribution in [1.82, 2.24) is 10.6 Å². The maximum absolute atomic E-state index is 12.5. The molecule has 7 nitrogen and oxygen atoms in total. The molecule has 37 heavy (non-hydrogen) atoms. The summed E-state index contributed by atoms with van der Waals surface area (Å²) in [6.07, 6.45) is 21.0. The van der Waals surface area contributed by atoms with Crippen LogP contribution in [0.25, 0.3) is 0 Å². The van der Waals surface area contributed by atoms with E-state index in [-0.39, 0.29) is 23.8 Å². The molecule has 0 aliphatic carbocycles. The Morgan fingerprint density at radius 3 is 1.73 bits per heavy atom. The number of amides is 1. The van der Waals surface area contributed by atoms with E-state index in [2.05, 4.69) is 17.6 Å². The zero-order valence-corrected chi connectivity index (χ0v) is 23.1. The summed E-state index contributed by atoms with van der Waals surface area (Å²) in [5, 5.41) is 34.0. The summed E-state index contributed by atoms with van der Waals surface area (Å²) in [4.78, 5) is 23.7. The van der Waals surface area contributed by atoms with E-state index in [0.29, 0.717) is 19.5 Å². The van der Waals surface area contributed by atoms with Crippen molar-refractivity contribution in [2.24, 2.45) is 0 Å². The third kappa shape index (κ3) is 17.7. The fraction of sp³-hybridized carbons (Fsp3) is 0.733. The Kier molecular flexibility index (Phi) is 19.3. The number of carbonyl (C=O) groups excluding carboxylic acids is 1. The van der Waals surface area contributed by atoms with Crippen LogP contribution in [0.2, 0.25) is 0 Å². The first-order valence-corrected chi connectivity index (χ1v) is 14.7. The zero-order chi connectivity index (χ0) is 27.1. The average Bonchev–Trinajstić information content (AvgIpc) is 2.87. The van der Waals surface area contributed by atoms with Crippen molar-refractivity contribution in [2.45, 2.75) is 129 Å². The number of hydrogen-bond acceptors (Lipinski definition) is 5. The number of phenolic OH excluding ortho intramolecular Hbond substituents is 2. The quantitative estimate of drug-likeness (QED) is 0.0789. The van der Waals surface area contributed by atoms with Gasteiger partial charge in [-0.05, 0) is 37.1 Å². The molecule has 0 heterocycles. The Morgan fingerprint density at radius 2 is 1.24 bits per heavy atom. The van der Waals surface area contributed by atoms with E-state index in [0.717, 1.165) is 18.4 Å². The lowest BCUT2D eigenvalue weighted by Gasteiger charge is -2.17. The van der Waals surface area contributed by atoms with Gasteiger partial charge < -0.3 is 26.0 Å². The van der Waals surface area contributed by atoms with E-state index in [4.69, 9.17) is 5.11 Å². The van der Waals surface area contributed by atoms with E-state index >= 15 is 0 Å². The van der Waals surface area contributed by atoms with Gasteiger partial charge >= 0.3 is 5.97 Å². The van der Waals surface area contributed by atoms with E-state index in [9.17, 15) is 19.8 Å². The lowest BCUT2D eigenvalue weighted by Crippen LogP contribution is -2.46. The van der Waals surface area contributed by atoms with Crippen LogP contribution in [0.4, 0.5) is 0 Å². The highest BCUT2D eigenvalue weighted by Gasteiger charge is 2.20. The number of hydrogen-bond donors (Lipinski definition) is 5. The van der Waals surface area contributed by atoms with Gasteiger partial charge in [0.25, 0.3) is 0 Å². The fourth-order valence-corrected chi connectivity index (χ4v) is 4.56. The van der Waals surface area contributed by atoms with Crippen molar-refractivity contribution in [3.05, 3.63) is 23.8 Å². The Bertz CT molecular complexity index is 741. The molecule has 0 aliphatic heterocycles. The summed E-state index contributed by atoms with van der Waals surface area (Å²) >= 11 is 0. The SMILES string of the molecule is CCCCCCCCCCCCCCCCCCN[C@@H](CC(=O)O)C(=O)NCCc1ccc(O)c(O)c1. The minimum atomic E-state index is -1.01. The predicted molar refractivity (Wildman–Crippen MR) is 150 cm³/mol. The second-order valence-electron chi connectivity index (χ2n) is 10.3. The molecule has 1 amide bonds. The van der Waals surface area contributed by atoms with Gasteiger partial charge in [-0.2, -0.15) is 0 Å². The summed E-state index contributed by atoms with van der Waals surface area (Å²) in [5.74, 6) is -1.73. The van der Waals surface area contributed by atoms with Crippen molar-refractivity contribution in [3.63, 3.8) is 0 Å². The molecule has 0 saturated carbocycles. The van der Waals surface area contributed by atoms with Crippen LogP contribution in [0.5, 0.6) is 11.5 Å². The largest absolute Gasteiger partial charge is 0.504 e. The summed E-state index contributed by atoms with van der Waals surface area (Å²) in [5.41, 5.74) is 0.770. The monoisotopic (exact) mass is 520 g/mol. The number of phenols is 2. The van der Waals surface area contributed by atoms with Crippen molar-refractivity contribution < 1.29 is 24.9 Å². The Labute approximate surface area is 224 Å². The molecule has 0 bridgehead atoms. The van der Waals surface area contributed by atoms with Crippen LogP contribution in [-0.2, 0) is 16.0 Å². The number of benzene rings is 1. The molecule has 1 atom stereocenters. The third-order valence-corrected chi connectivity index (χ3v) is 6.87. The molecular weight excluding hydrogens is 468 g/mol. The van der Waals surface area contributed by atoms with Crippen LogP contribution in [0.3, 0.4) is 0 Å². The highest BCUT2D eigenvalue weighted by atomic mass is 16.4. The summed E-state index contributed by atoms with van der Waals surface area (Å²) in [6.45, 7) is 3.20.